The molecule has 0 amide bonds. The topological polar surface area (TPSA) is 108 Å². The molecular weight excluding hydrogens is 498 g/mol. The molecule has 1 aliphatic rings. The van der Waals surface area contributed by atoms with E-state index in [-0.39, 0.29) is 48.6 Å². The fourth-order valence-electron chi connectivity index (χ4n) is 2.60. The normalized spacial score (nSPS) is 12.6. The zero-order chi connectivity index (χ0) is 20.4. The van der Waals surface area contributed by atoms with Crippen molar-refractivity contribution in [1.29, 1.82) is 0 Å². The molecule has 0 atom stereocenters. The third-order valence-corrected chi connectivity index (χ3v) is 3.71. The maximum absolute atomic E-state index is 13.3. The maximum Gasteiger partial charge on any atom is 0.485 e. The van der Waals surface area contributed by atoms with Gasteiger partial charge in [0.2, 0.25) is 0 Å². The van der Waals surface area contributed by atoms with Crippen LogP contribution >= 0.6 is 24.0 Å². The first-order valence-electron chi connectivity index (χ1n) is 8.12. The highest BCUT2D eigenvalue weighted by molar-refractivity contribution is 14.0. The summed E-state index contributed by atoms with van der Waals surface area (Å²) >= 11 is 0. The Kier molecular flexibility index (Phi) is 11.6. The molecule has 0 aromatic heterocycles. The Morgan fingerprint density at radius 3 is 2.50 bits per heavy atom. The summed E-state index contributed by atoms with van der Waals surface area (Å²) in [6.07, 6.45) is -0.475. The van der Waals surface area contributed by atoms with E-state index in [9.17, 15) is 13.2 Å². The fraction of sp³-hybridized carbons (Fsp3) is 0.500. The van der Waals surface area contributed by atoms with Crippen LogP contribution in [0.1, 0.15) is 24.8 Å². The van der Waals surface area contributed by atoms with Gasteiger partial charge in [-0.2, -0.15) is 13.2 Å². The molecule has 0 radical (unpaired) electrons. The predicted molar refractivity (Wildman–Crippen MR) is 108 cm³/mol. The highest BCUT2D eigenvalue weighted by Crippen LogP contribution is 2.42. The number of methoxy groups -OCH3 is 1. The first-order chi connectivity index (χ1) is 12.7. The SMILES string of the molecule is COc1cccc2c1N(C(F)(F)F)CC=C2NCCCCCO.I.O=[N+]([O-])O. The molecule has 1 heterocycles. The smallest absolute Gasteiger partial charge is 0.485 e. The van der Waals surface area contributed by atoms with Gasteiger partial charge in [-0.3, -0.25) is 4.90 Å². The van der Waals surface area contributed by atoms with Gasteiger partial charge < -0.3 is 20.4 Å². The summed E-state index contributed by atoms with van der Waals surface area (Å²) in [5.74, 6) is 0.201. The Bertz CT molecular complexity index is 655. The number of aliphatic hydroxyl groups is 1. The predicted octanol–water partition coefficient (Wildman–Crippen LogP) is 3.40. The molecule has 160 valence electrons. The molecule has 0 spiro atoms. The molecule has 3 N–H and O–H groups in total. The number of unbranched alkanes of at least 4 members (excludes halogenated alkanes) is 2. The summed E-state index contributed by atoms with van der Waals surface area (Å²) < 4.78 is 44.9. The lowest BCUT2D eigenvalue weighted by molar-refractivity contribution is -0.742. The van der Waals surface area contributed by atoms with Gasteiger partial charge in [0, 0.05) is 31.0 Å². The third-order valence-electron chi connectivity index (χ3n) is 3.71. The van der Waals surface area contributed by atoms with Crippen LogP contribution in [-0.4, -0.2) is 48.5 Å². The molecule has 1 aromatic rings. The highest BCUT2D eigenvalue weighted by Gasteiger charge is 2.41. The number of aliphatic hydroxyl groups excluding tert-OH is 1. The summed E-state index contributed by atoms with van der Waals surface area (Å²) in [7, 11) is 1.37. The molecule has 1 aliphatic heterocycles. The monoisotopic (exact) mass is 521 g/mol. The van der Waals surface area contributed by atoms with Gasteiger partial charge in [0.15, 0.2) is 0 Å². The number of halogens is 4. The van der Waals surface area contributed by atoms with Gasteiger partial charge in [-0.1, -0.05) is 12.1 Å². The number of rotatable bonds is 7. The van der Waals surface area contributed by atoms with E-state index in [0.717, 1.165) is 19.3 Å². The Morgan fingerprint density at radius 2 is 1.96 bits per heavy atom. The highest BCUT2D eigenvalue weighted by atomic mass is 127. The van der Waals surface area contributed by atoms with Crippen LogP contribution in [0.4, 0.5) is 18.9 Å². The van der Waals surface area contributed by atoms with Gasteiger partial charge in [-0.25, -0.2) is 0 Å². The summed E-state index contributed by atoms with van der Waals surface area (Å²) in [6.45, 7) is 0.549. The molecule has 2 rings (SSSR count). The molecule has 8 nitrogen and oxygen atoms in total. The molecule has 0 unspecified atom stereocenters. The van der Waals surface area contributed by atoms with Crippen molar-refractivity contribution in [3.8, 4) is 5.75 Å². The standard InChI is InChI=1S/C16H21F3N2O2.HI.HNO3/c1-23-14-7-5-6-12-13(20-9-3-2-4-11-22)8-10-21(15(12)14)16(17,18)19;;2-1(3)4/h5-8,20,22H,2-4,9-11H2,1H3;1H;(H,2,3,4). The van der Waals surface area contributed by atoms with Crippen LogP contribution < -0.4 is 15.0 Å². The van der Waals surface area contributed by atoms with Crippen molar-refractivity contribution in [2.75, 3.05) is 31.7 Å². The largest absolute Gasteiger partial charge is 0.495 e. The lowest BCUT2D eigenvalue weighted by Crippen LogP contribution is -2.41. The van der Waals surface area contributed by atoms with Crippen LogP contribution in [0, 0.1) is 10.1 Å². The molecular formula is C16H23F3IN3O5. The second-order valence-corrected chi connectivity index (χ2v) is 5.50. The van der Waals surface area contributed by atoms with Gasteiger partial charge >= 0.3 is 6.30 Å². The summed E-state index contributed by atoms with van der Waals surface area (Å²) in [6, 6.07) is 4.86. The van der Waals surface area contributed by atoms with Crippen molar-refractivity contribution in [1.82, 2.24) is 5.32 Å². The van der Waals surface area contributed by atoms with Gasteiger partial charge in [0.25, 0.3) is 5.09 Å². The van der Waals surface area contributed by atoms with Crippen molar-refractivity contribution in [2.45, 2.75) is 25.6 Å². The van der Waals surface area contributed by atoms with Crippen LogP contribution in [0.2, 0.25) is 0 Å². The van der Waals surface area contributed by atoms with Crippen molar-refractivity contribution in [2.24, 2.45) is 0 Å². The van der Waals surface area contributed by atoms with E-state index >= 15 is 0 Å². The van der Waals surface area contributed by atoms with Crippen LogP contribution in [0.5, 0.6) is 5.75 Å². The summed E-state index contributed by atoms with van der Waals surface area (Å²) in [5.41, 5.74) is 1.21. The number of hydrogen-bond acceptors (Lipinski definition) is 6. The molecule has 0 saturated heterocycles. The Balaban J connectivity index is 0.00000133. The second-order valence-electron chi connectivity index (χ2n) is 5.50. The molecule has 0 saturated carbocycles. The summed E-state index contributed by atoms with van der Waals surface area (Å²) in [5, 5.41) is 25.6. The third kappa shape index (κ3) is 7.96. The Labute approximate surface area is 177 Å². The van der Waals surface area contributed by atoms with Crippen molar-refractivity contribution in [3.05, 3.63) is 40.0 Å². The van der Waals surface area contributed by atoms with Gasteiger partial charge in [-0.15, -0.1) is 34.1 Å². The number of anilines is 1. The van der Waals surface area contributed by atoms with Crippen molar-refractivity contribution in [3.63, 3.8) is 0 Å². The maximum atomic E-state index is 13.3. The van der Waals surface area contributed by atoms with Crippen LogP contribution in [0.15, 0.2) is 24.3 Å². The first kappa shape index (κ1) is 26.0. The minimum absolute atomic E-state index is 0. The average Bonchev–Trinajstić information content (AvgIpc) is 2.59. The Morgan fingerprint density at radius 1 is 1.32 bits per heavy atom. The van der Waals surface area contributed by atoms with Gasteiger partial charge in [-0.05, 0) is 31.4 Å². The quantitative estimate of drug-likeness (QED) is 0.166. The molecule has 1 aromatic carbocycles. The van der Waals surface area contributed by atoms with Crippen LogP contribution in [-0.2, 0) is 0 Å². The number of alkyl halides is 3. The number of benzene rings is 1. The summed E-state index contributed by atoms with van der Waals surface area (Å²) in [4.78, 5) is 8.75. The van der Waals surface area contributed by atoms with E-state index in [1.54, 1.807) is 18.2 Å². The van der Waals surface area contributed by atoms with Crippen molar-refractivity contribution >= 4 is 35.4 Å². The minimum Gasteiger partial charge on any atom is -0.495 e. The molecule has 0 aliphatic carbocycles. The zero-order valence-electron chi connectivity index (χ0n) is 15.1. The van der Waals surface area contributed by atoms with E-state index in [0.29, 0.717) is 22.7 Å². The zero-order valence-corrected chi connectivity index (χ0v) is 17.4. The van der Waals surface area contributed by atoms with E-state index in [4.69, 9.17) is 25.2 Å². The van der Waals surface area contributed by atoms with E-state index in [1.165, 1.54) is 13.2 Å². The molecule has 0 fully saturated rings. The molecule has 12 heteroatoms. The lowest BCUT2D eigenvalue weighted by Gasteiger charge is -2.33. The number of nitrogens with one attached hydrogen (secondary N) is 1. The van der Waals surface area contributed by atoms with E-state index < -0.39 is 11.4 Å². The number of nitrogens with zero attached hydrogens (tertiary/aromatic N) is 2. The number of fused-ring (bicyclic) bond motifs is 1. The van der Waals surface area contributed by atoms with Crippen molar-refractivity contribution < 1.29 is 33.3 Å². The van der Waals surface area contributed by atoms with Gasteiger partial charge in [0.1, 0.15) is 5.75 Å². The van der Waals surface area contributed by atoms with E-state index in [1.807, 2.05) is 0 Å². The van der Waals surface area contributed by atoms with E-state index in [2.05, 4.69) is 5.32 Å². The fourth-order valence-corrected chi connectivity index (χ4v) is 2.60. The molecule has 0 bridgehead atoms. The number of hydrogen-bond donors (Lipinski definition) is 3. The van der Waals surface area contributed by atoms with Crippen LogP contribution in [0.3, 0.4) is 0 Å². The number of para-hydroxylation sites is 1. The van der Waals surface area contributed by atoms with Crippen LogP contribution in [0.25, 0.3) is 5.70 Å². The first-order valence-corrected chi connectivity index (χ1v) is 8.12. The second kappa shape index (κ2) is 12.5. The lowest BCUT2D eigenvalue weighted by atomic mass is 10.0. The average molecular weight is 521 g/mol. The minimum atomic E-state index is -4.47. The Hall–Kier alpha value is -1.96. The van der Waals surface area contributed by atoms with Gasteiger partial charge in [0.05, 0.1) is 12.8 Å². The molecule has 28 heavy (non-hydrogen) atoms. The number of ether oxygens (including phenoxy) is 1.